The Hall–Kier alpha value is -4.31. The molecule has 0 unspecified atom stereocenters. The number of rotatable bonds is 7. The molecular formula is C29H28N2O5. The van der Waals surface area contributed by atoms with Gasteiger partial charge in [-0.1, -0.05) is 42.5 Å². The monoisotopic (exact) mass is 484 g/mol. The van der Waals surface area contributed by atoms with Crippen LogP contribution in [0.3, 0.4) is 0 Å². The molecule has 0 aromatic heterocycles. The number of fused-ring (bicyclic) bond motifs is 1. The Kier molecular flexibility index (Phi) is 7.55. The molecule has 4 rings (SSSR count). The summed E-state index contributed by atoms with van der Waals surface area (Å²) in [4.78, 5) is 25.9. The second kappa shape index (κ2) is 11.0. The van der Waals surface area contributed by atoms with Crippen LogP contribution in [0, 0.1) is 11.3 Å². The Balaban J connectivity index is 1.70. The third-order valence-electron chi connectivity index (χ3n) is 6.05. The molecule has 1 amide bonds. The average molecular weight is 485 g/mol. The van der Waals surface area contributed by atoms with Gasteiger partial charge in [-0.15, -0.1) is 0 Å². The van der Waals surface area contributed by atoms with Gasteiger partial charge < -0.3 is 19.5 Å². The molecule has 0 atom stereocenters. The molecule has 1 N–H and O–H groups in total. The Morgan fingerprint density at radius 3 is 2.50 bits per heavy atom. The maximum Gasteiger partial charge on any atom is 0.410 e. The quantitative estimate of drug-likeness (QED) is 0.486. The summed E-state index contributed by atoms with van der Waals surface area (Å²) in [6.45, 7) is 4.74. The number of carboxylic acids is 1. The lowest BCUT2D eigenvalue weighted by atomic mass is 9.87. The van der Waals surface area contributed by atoms with E-state index >= 15 is 0 Å². The number of hydrogen-bond donors (Lipinski definition) is 1. The summed E-state index contributed by atoms with van der Waals surface area (Å²) in [7, 11) is 0. The van der Waals surface area contributed by atoms with Crippen molar-refractivity contribution >= 4 is 12.1 Å². The van der Waals surface area contributed by atoms with Crippen molar-refractivity contribution in [3.8, 4) is 22.9 Å². The smallest absolute Gasteiger partial charge is 0.410 e. The minimum atomic E-state index is -0.923. The molecule has 0 spiro atoms. The average Bonchev–Trinajstić information content (AvgIpc) is 2.87. The lowest BCUT2D eigenvalue weighted by Crippen LogP contribution is -2.37. The van der Waals surface area contributed by atoms with Gasteiger partial charge in [0, 0.05) is 18.7 Å². The summed E-state index contributed by atoms with van der Waals surface area (Å²) < 4.78 is 11.6. The number of hydrogen-bond acceptors (Lipinski definition) is 5. The van der Waals surface area contributed by atoms with Gasteiger partial charge in [-0.3, -0.25) is 4.79 Å². The van der Waals surface area contributed by atoms with Gasteiger partial charge in [-0.25, -0.2) is 4.79 Å². The maximum atomic E-state index is 12.9. The summed E-state index contributed by atoms with van der Waals surface area (Å²) in [5.74, 6) is -0.303. The van der Waals surface area contributed by atoms with E-state index in [1.54, 1.807) is 23.1 Å². The first-order valence-electron chi connectivity index (χ1n) is 11.9. The molecule has 0 fully saturated rings. The summed E-state index contributed by atoms with van der Waals surface area (Å²) in [5.41, 5.74) is 5.40. The normalized spacial score (nSPS) is 12.6. The SMILES string of the molecule is CC(C)Oc1ccc(CC(=O)O)cc1-c1ccc(C#N)c2c1CN(C(=O)OCc1ccccc1)CC2. The lowest BCUT2D eigenvalue weighted by molar-refractivity contribution is -0.136. The van der Waals surface area contributed by atoms with Crippen molar-refractivity contribution in [3.63, 3.8) is 0 Å². The molecule has 0 saturated carbocycles. The van der Waals surface area contributed by atoms with E-state index in [2.05, 4.69) is 6.07 Å². The Bertz CT molecular complexity index is 1310. The number of nitrogens with zero attached hydrogens (tertiary/aromatic N) is 2. The molecule has 1 aliphatic rings. The van der Waals surface area contributed by atoms with Crippen molar-refractivity contribution in [1.29, 1.82) is 5.26 Å². The van der Waals surface area contributed by atoms with Gasteiger partial charge in [0.15, 0.2) is 0 Å². The molecule has 0 aliphatic carbocycles. The third kappa shape index (κ3) is 5.66. The molecule has 0 saturated heterocycles. The van der Waals surface area contributed by atoms with E-state index in [0.29, 0.717) is 29.8 Å². The zero-order valence-electron chi connectivity index (χ0n) is 20.4. The van der Waals surface area contributed by atoms with Crippen molar-refractivity contribution in [2.75, 3.05) is 6.54 Å². The van der Waals surface area contributed by atoms with Gasteiger partial charge in [-0.2, -0.15) is 5.26 Å². The first kappa shape index (κ1) is 24.8. The first-order chi connectivity index (χ1) is 17.4. The van der Waals surface area contributed by atoms with Gasteiger partial charge in [-0.05, 0) is 66.3 Å². The van der Waals surface area contributed by atoms with E-state index in [1.165, 1.54) is 0 Å². The molecule has 3 aromatic rings. The summed E-state index contributed by atoms with van der Waals surface area (Å²) in [6, 6.07) is 20.7. The Labute approximate surface area is 210 Å². The summed E-state index contributed by atoms with van der Waals surface area (Å²) >= 11 is 0. The van der Waals surface area contributed by atoms with E-state index in [-0.39, 0.29) is 25.7 Å². The molecule has 0 bridgehead atoms. The highest BCUT2D eigenvalue weighted by atomic mass is 16.6. The van der Waals surface area contributed by atoms with Crippen molar-refractivity contribution in [1.82, 2.24) is 4.90 Å². The van der Waals surface area contributed by atoms with E-state index in [4.69, 9.17) is 9.47 Å². The topological polar surface area (TPSA) is 99.9 Å². The largest absolute Gasteiger partial charge is 0.490 e. The fraction of sp³-hybridized carbons (Fsp3) is 0.276. The summed E-state index contributed by atoms with van der Waals surface area (Å²) in [5, 5.41) is 19.0. The fourth-order valence-corrected chi connectivity index (χ4v) is 4.43. The number of amides is 1. The van der Waals surface area contributed by atoms with Gasteiger partial charge >= 0.3 is 12.1 Å². The van der Waals surface area contributed by atoms with Crippen LogP contribution in [0.15, 0.2) is 60.7 Å². The zero-order chi connectivity index (χ0) is 25.7. The third-order valence-corrected chi connectivity index (χ3v) is 6.05. The van der Waals surface area contributed by atoms with Crippen LogP contribution >= 0.6 is 0 Å². The van der Waals surface area contributed by atoms with Crippen LogP contribution in [0.2, 0.25) is 0 Å². The van der Waals surface area contributed by atoms with Crippen LogP contribution in [-0.2, 0) is 35.5 Å². The molecule has 3 aromatic carbocycles. The van der Waals surface area contributed by atoms with Crippen LogP contribution in [0.25, 0.3) is 11.1 Å². The van der Waals surface area contributed by atoms with Gasteiger partial charge in [0.1, 0.15) is 12.4 Å². The van der Waals surface area contributed by atoms with Gasteiger partial charge in [0.25, 0.3) is 0 Å². The zero-order valence-corrected chi connectivity index (χ0v) is 20.4. The van der Waals surface area contributed by atoms with E-state index in [9.17, 15) is 20.0 Å². The van der Waals surface area contributed by atoms with Crippen molar-refractivity contribution in [3.05, 3.63) is 88.5 Å². The number of carbonyl (C=O) groups excluding carboxylic acids is 1. The second-order valence-corrected chi connectivity index (χ2v) is 9.01. The number of aliphatic carboxylic acids is 1. The molecule has 1 heterocycles. The number of carbonyl (C=O) groups is 2. The predicted octanol–water partition coefficient (Wildman–Crippen LogP) is 5.33. The van der Waals surface area contributed by atoms with E-state index < -0.39 is 12.1 Å². The molecular weight excluding hydrogens is 456 g/mol. The number of nitriles is 1. The van der Waals surface area contributed by atoms with E-state index in [1.807, 2.05) is 56.3 Å². The molecule has 1 aliphatic heterocycles. The second-order valence-electron chi connectivity index (χ2n) is 9.01. The lowest BCUT2D eigenvalue weighted by Gasteiger charge is -2.31. The first-order valence-corrected chi connectivity index (χ1v) is 11.9. The Morgan fingerprint density at radius 1 is 1.03 bits per heavy atom. The summed E-state index contributed by atoms with van der Waals surface area (Å²) in [6.07, 6.45) is -0.114. The van der Waals surface area contributed by atoms with E-state index in [0.717, 1.165) is 27.8 Å². The van der Waals surface area contributed by atoms with Crippen molar-refractivity contribution in [2.45, 2.75) is 45.9 Å². The van der Waals surface area contributed by atoms with Gasteiger partial charge in [0.05, 0.1) is 24.2 Å². The maximum absolute atomic E-state index is 12.9. The molecule has 7 nitrogen and oxygen atoms in total. The minimum Gasteiger partial charge on any atom is -0.490 e. The van der Waals surface area contributed by atoms with Crippen molar-refractivity contribution < 1.29 is 24.2 Å². The van der Waals surface area contributed by atoms with Crippen LogP contribution < -0.4 is 4.74 Å². The van der Waals surface area contributed by atoms with Crippen molar-refractivity contribution in [2.24, 2.45) is 0 Å². The number of ether oxygens (including phenoxy) is 2. The minimum absolute atomic E-state index is 0.0901. The predicted molar refractivity (Wildman–Crippen MR) is 134 cm³/mol. The van der Waals surface area contributed by atoms with Crippen LogP contribution in [0.4, 0.5) is 4.79 Å². The van der Waals surface area contributed by atoms with Crippen LogP contribution in [0.5, 0.6) is 5.75 Å². The standard InChI is InChI=1S/C29H28N2O5/c1-19(2)36-27-11-8-21(15-28(32)33)14-25(27)24-10-9-22(16-30)23-12-13-31(17-26(23)24)29(34)35-18-20-6-4-3-5-7-20/h3-11,14,19H,12-13,15,17-18H2,1-2H3,(H,32,33). The van der Waals surface area contributed by atoms with Crippen LogP contribution in [-0.4, -0.2) is 34.7 Å². The van der Waals surface area contributed by atoms with Gasteiger partial charge in [0.2, 0.25) is 0 Å². The highest BCUT2D eigenvalue weighted by Crippen LogP contribution is 2.38. The molecule has 36 heavy (non-hydrogen) atoms. The highest BCUT2D eigenvalue weighted by Gasteiger charge is 2.27. The highest BCUT2D eigenvalue weighted by molar-refractivity contribution is 5.79. The molecule has 0 radical (unpaired) electrons. The number of carboxylic acid groups (broad SMARTS) is 1. The number of benzene rings is 3. The molecule has 7 heteroatoms. The van der Waals surface area contributed by atoms with Crippen LogP contribution in [0.1, 0.15) is 41.7 Å². The Morgan fingerprint density at radius 2 is 1.81 bits per heavy atom. The fourth-order valence-electron chi connectivity index (χ4n) is 4.43. The molecule has 184 valence electrons.